The zero-order chi connectivity index (χ0) is 6.57. The highest BCUT2D eigenvalue weighted by molar-refractivity contribution is 5.30. The average Bonchev–Trinajstić information content (AvgIpc) is 1.67. The number of rotatable bonds is 2. The number of allylic oxidation sites excluding steroid dienone is 2. The van der Waals surface area contributed by atoms with Gasteiger partial charge in [-0.05, 0) is 26.1 Å². The summed E-state index contributed by atoms with van der Waals surface area (Å²) in [5.41, 5.74) is 2.12. The van der Waals surface area contributed by atoms with E-state index in [0.717, 1.165) is 11.1 Å². The van der Waals surface area contributed by atoms with E-state index in [1.165, 1.54) is 0 Å². The lowest BCUT2D eigenvalue weighted by molar-refractivity contribution is 1.33. The highest BCUT2D eigenvalue weighted by Crippen LogP contribution is 2.03. The molecule has 0 saturated heterocycles. The molecule has 0 unspecified atom stereocenters. The third-order valence-corrected chi connectivity index (χ3v) is 0.958. The van der Waals surface area contributed by atoms with Crippen molar-refractivity contribution in [3.05, 3.63) is 23.9 Å². The van der Waals surface area contributed by atoms with E-state index in [4.69, 9.17) is 0 Å². The van der Waals surface area contributed by atoms with E-state index in [-0.39, 0.29) is 0 Å². The number of hydrogen-bond donors (Lipinski definition) is 0. The Bertz CT molecular complexity index is 131. The zero-order valence-corrected chi connectivity index (χ0v) is 5.44. The third kappa shape index (κ3) is 2.35. The maximum Gasteiger partial charge on any atom is 0.0292 e. The molecule has 44 valence electrons. The SMILES string of the molecule is C=N/C=C(\C)C(=C)C. The van der Waals surface area contributed by atoms with Crippen LogP contribution in [0.3, 0.4) is 0 Å². The molecule has 0 aliphatic carbocycles. The number of aliphatic imine (C=N–C) groups is 1. The molecule has 0 saturated carbocycles. The quantitative estimate of drug-likeness (QED) is 0.380. The molecule has 0 spiro atoms. The summed E-state index contributed by atoms with van der Waals surface area (Å²) in [4.78, 5) is 3.58. The smallest absolute Gasteiger partial charge is 0.0292 e. The Kier molecular flexibility index (Phi) is 2.85. The number of nitrogens with zero attached hydrogens (tertiary/aromatic N) is 1. The van der Waals surface area contributed by atoms with Gasteiger partial charge in [-0.15, -0.1) is 0 Å². The largest absolute Gasteiger partial charge is 0.272 e. The second-order valence-electron chi connectivity index (χ2n) is 1.78. The van der Waals surface area contributed by atoms with Crippen molar-refractivity contribution in [3.8, 4) is 0 Å². The van der Waals surface area contributed by atoms with Gasteiger partial charge in [0, 0.05) is 6.20 Å². The highest BCUT2D eigenvalue weighted by atomic mass is 14.6. The minimum absolute atomic E-state index is 1.04. The van der Waals surface area contributed by atoms with Crippen molar-refractivity contribution in [2.45, 2.75) is 13.8 Å². The predicted molar refractivity (Wildman–Crippen MR) is 38.1 cm³/mol. The van der Waals surface area contributed by atoms with E-state index in [0.29, 0.717) is 0 Å². The summed E-state index contributed by atoms with van der Waals surface area (Å²) in [6.45, 7) is 10.9. The van der Waals surface area contributed by atoms with Gasteiger partial charge in [-0.2, -0.15) is 0 Å². The van der Waals surface area contributed by atoms with Gasteiger partial charge in [-0.1, -0.05) is 12.2 Å². The molecule has 8 heavy (non-hydrogen) atoms. The van der Waals surface area contributed by atoms with Crippen molar-refractivity contribution in [3.63, 3.8) is 0 Å². The molecular formula is C7H11N. The van der Waals surface area contributed by atoms with Crippen LogP contribution in [-0.2, 0) is 0 Å². The molecule has 0 N–H and O–H groups in total. The standard InChI is InChI=1S/C7H11N/c1-6(2)7(3)5-8-4/h5H,1,4H2,2-3H3/b7-5+. The Hall–Kier alpha value is -0.850. The maximum absolute atomic E-state index is 3.72. The molecule has 0 aromatic rings. The Morgan fingerprint density at radius 3 is 2.12 bits per heavy atom. The number of hydrogen-bond acceptors (Lipinski definition) is 1. The molecule has 0 rings (SSSR count). The summed E-state index contributed by atoms with van der Waals surface area (Å²) in [6.07, 6.45) is 1.70. The van der Waals surface area contributed by atoms with Crippen LogP contribution in [0.5, 0.6) is 0 Å². The van der Waals surface area contributed by atoms with Crippen LogP contribution < -0.4 is 0 Å². The molecule has 1 nitrogen and oxygen atoms in total. The first-order chi connectivity index (χ1) is 3.68. The van der Waals surface area contributed by atoms with Gasteiger partial charge >= 0.3 is 0 Å². The van der Waals surface area contributed by atoms with E-state index < -0.39 is 0 Å². The van der Waals surface area contributed by atoms with E-state index in [1.54, 1.807) is 6.20 Å². The van der Waals surface area contributed by atoms with Crippen LogP contribution in [0, 0.1) is 0 Å². The van der Waals surface area contributed by atoms with Crippen molar-refractivity contribution >= 4 is 6.72 Å². The van der Waals surface area contributed by atoms with Gasteiger partial charge in [0.25, 0.3) is 0 Å². The fourth-order valence-corrected chi connectivity index (χ4v) is 0.247. The molecule has 0 fully saturated rings. The Morgan fingerprint density at radius 1 is 1.50 bits per heavy atom. The highest BCUT2D eigenvalue weighted by Gasteiger charge is 1.83. The summed E-state index contributed by atoms with van der Waals surface area (Å²) in [5.74, 6) is 0. The van der Waals surface area contributed by atoms with Crippen molar-refractivity contribution < 1.29 is 0 Å². The molecular weight excluding hydrogens is 98.1 g/mol. The van der Waals surface area contributed by atoms with E-state index in [1.807, 2.05) is 13.8 Å². The third-order valence-electron chi connectivity index (χ3n) is 0.958. The first kappa shape index (κ1) is 7.15. The summed E-state index contributed by atoms with van der Waals surface area (Å²) >= 11 is 0. The average molecular weight is 109 g/mol. The van der Waals surface area contributed by atoms with E-state index >= 15 is 0 Å². The molecule has 0 bridgehead atoms. The summed E-state index contributed by atoms with van der Waals surface area (Å²) in [5, 5.41) is 0. The maximum atomic E-state index is 3.72. The van der Waals surface area contributed by atoms with Gasteiger partial charge in [0.15, 0.2) is 0 Å². The molecule has 0 aromatic carbocycles. The first-order valence-electron chi connectivity index (χ1n) is 2.47. The molecule has 0 aliphatic rings. The van der Waals surface area contributed by atoms with Crippen molar-refractivity contribution in [2.24, 2.45) is 4.99 Å². The lowest BCUT2D eigenvalue weighted by Crippen LogP contribution is -1.72. The molecule has 0 radical (unpaired) electrons. The Balaban J connectivity index is 3.99. The fourth-order valence-electron chi connectivity index (χ4n) is 0.247. The van der Waals surface area contributed by atoms with Crippen LogP contribution in [0.1, 0.15) is 13.8 Å². The molecule has 0 atom stereocenters. The normalized spacial score (nSPS) is 11.0. The van der Waals surface area contributed by atoms with Crippen LogP contribution in [0.2, 0.25) is 0 Å². The van der Waals surface area contributed by atoms with Gasteiger partial charge < -0.3 is 0 Å². The zero-order valence-electron chi connectivity index (χ0n) is 5.44. The van der Waals surface area contributed by atoms with Crippen molar-refractivity contribution in [2.75, 3.05) is 0 Å². The van der Waals surface area contributed by atoms with Crippen LogP contribution >= 0.6 is 0 Å². The van der Waals surface area contributed by atoms with Gasteiger partial charge in [0.2, 0.25) is 0 Å². The van der Waals surface area contributed by atoms with Crippen LogP contribution in [0.4, 0.5) is 0 Å². The second kappa shape index (κ2) is 3.19. The molecule has 0 amide bonds. The van der Waals surface area contributed by atoms with Crippen molar-refractivity contribution in [1.29, 1.82) is 0 Å². The fraction of sp³-hybridized carbons (Fsp3) is 0.286. The van der Waals surface area contributed by atoms with E-state index in [2.05, 4.69) is 18.3 Å². The minimum Gasteiger partial charge on any atom is -0.272 e. The molecule has 1 heteroatoms. The van der Waals surface area contributed by atoms with Gasteiger partial charge in [0.1, 0.15) is 0 Å². The minimum atomic E-state index is 1.04. The monoisotopic (exact) mass is 109 g/mol. The summed E-state index contributed by atoms with van der Waals surface area (Å²) < 4.78 is 0. The first-order valence-corrected chi connectivity index (χ1v) is 2.47. The Morgan fingerprint density at radius 2 is 2.00 bits per heavy atom. The summed E-state index contributed by atoms with van der Waals surface area (Å²) in [7, 11) is 0. The predicted octanol–water partition coefficient (Wildman–Crippen LogP) is 2.17. The second-order valence-corrected chi connectivity index (χ2v) is 1.78. The lowest BCUT2D eigenvalue weighted by atomic mass is 10.2. The van der Waals surface area contributed by atoms with Crippen LogP contribution in [0.25, 0.3) is 0 Å². The van der Waals surface area contributed by atoms with Gasteiger partial charge in [0.05, 0.1) is 0 Å². The van der Waals surface area contributed by atoms with Gasteiger partial charge in [-0.3, -0.25) is 4.99 Å². The molecule has 0 heterocycles. The lowest BCUT2D eigenvalue weighted by Gasteiger charge is -1.92. The van der Waals surface area contributed by atoms with Crippen molar-refractivity contribution in [1.82, 2.24) is 0 Å². The molecule has 0 aromatic heterocycles. The van der Waals surface area contributed by atoms with Crippen LogP contribution in [0.15, 0.2) is 28.9 Å². The van der Waals surface area contributed by atoms with Crippen LogP contribution in [-0.4, -0.2) is 6.72 Å². The summed E-state index contributed by atoms with van der Waals surface area (Å²) in [6, 6.07) is 0. The topological polar surface area (TPSA) is 12.4 Å². The van der Waals surface area contributed by atoms with E-state index in [9.17, 15) is 0 Å². The molecule has 0 aliphatic heterocycles. The Labute approximate surface area is 50.4 Å². The van der Waals surface area contributed by atoms with Gasteiger partial charge in [-0.25, -0.2) is 0 Å².